The molecule has 39 heavy (non-hydrogen) atoms. The molecule has 0 heterocycles. The van der Waals surface area contributed by atoms with Gasteiger partial charge in [-0.05, 0) is 53.9 Å². The van der Waals surface area contributed by atoms with E-state index in [-0.39, 0.29) is 29.8 Å². The van der Waals surface area contributed by atoms with E-state index in [1.54, 1.807) is 13.0 Å². The summed E-state index contributed by atoms with van der Waals surface area (Å²) < 4.78 is 80.7. The summed E-state index contributed by atoms with van der Waals surface area (Å²) >= 11 is 0. The number of carbonyl (C=O) groups excluding carboxylic acids is 2. The highest BCUT2D eigenvalue weighted by Gasteiger charge is 2.44. The van der Waals surface area contributed by atoms with Gasteiger partial charge >= 0.3 is 18.1 Å². The van der Waals surface area contributed by atoms with Crippen molar-refractivity contribution < 1.29 is 50.2 Å². The molecule has 0 saturated carbocycles. The highest BCUT2D eigenvalue weighted by molar-refractivity contribution is 7.89. The number of alkyl halides is 3. The normalized spacial score (nSPS) is 12.2. The number of aryl methyl sites for hydroxylation is 1. The van der Waals surface area contributed by atoms with E-state index in [1.807, 2.05) is 4.72 Å². The van der Waals surface area contributed by atoms with Crippen LogP contribution >= 0.6 is 0 Å². The van der Waals surface area contributed by atoms with E-state index in [1.165, 1.54) is 43.5 Å². The zero-order chi connectivity index (χ0) is 29.2. The highest BCUT2D eigenvalue weighted by Crippen LogP contribution is 2.26. The number of hydrogen-bond acceptors (Lipinski definition) is 9. The van der Waals surface area contributed by atoms with Gasteiger partial charge in [-0.25, -0.2) is 18.0 Å². The van der Waals surface area contributed by atoms with Crippen LogP contribution < -0.4 is 25.7 Å². The van der Waals surface area contributed by atoms with Crippen molar-refractivity contribution >= 4 is 27.9 Å². The predicted octanol–water partition coefficient (Wildman–Crippen LogP) is 1.50. The fraction of sp³-hybridized carbons (Fsp3) is 0.348. The van der Waals surface area contributed by atoms with Gasteiger partial charge in [0.2, 0.25) is 16.0 Å². The Morgan fingerprint density at radius 2 is 1.74 bits per heavy atom. The maximum Gasteiger partial charge on any atom is 0.491 e. The number of hydrogen-bond donors (Lipinski definition) is 3. The molecule has 0 aromatic heterocycles. The van der Waals surface area contributed by atoms with Crippen molar-refractivity contribution in [2.45, 2.75) is 36.9 Å². The molecule has 0 saturated heterocycles. The van der Waals surface area contributed by atoms with Crippen molar-refractivity contribution in [1.82, 2.24) is 4.72 Å². The van der Waals surface area contributed by atoms with Crippen LogP contribution in [-0.4, -0.2) is 58.9 Å². The van der Waals surface area contributed by atoms with E-state index in [9.17, 15) is 31.2 Å². The lowest BCUT2D eigenvalue weighted by Gasteiger charge is -2.19. The molecule has 0 fully saturated rings. The minimum Gasteiger partial charge on any atom is -0.495 e. The van der Waals surface area contributed by atoms with Gasteiger partial charge in [-0.3, -0.25) is 0 Å². The van der Waals surface area contributed by atoms with Crippen LogP contribution in [0.4, 0.5) is 13.2 Å². The molecule has 2 rings (SSSR count). The molecule has 0 radical (unpaired) electrons. The van der Waals surface area contributed by atoms with Crippen LogP contribution in [0.2, 0.25) is 0 Å². The number of rotatable bonds is 13. The molecule has 0 unspecified atom stereocenters. The zero-order valence-electron chi connectivity index (χ0n) is 20.9. The number of esters is 2. The lowest BCUT2D eigenvalue weighted by molar-refractivity contribution is -0.202. The van der Waals surface area contributed by atoms with Crippen molar-refractivity contribution in [1.29, 1.82) is 0 Å². The van der Waals surface area contributed by atoms with Crippen LogP contribution in [0, 0.1) is 6.92 Å². The van der Waals surface area contributed by atoms with Crippen molar-refractivity contribution in [3.05, 3.63) is 53.6 Å². The number of oxime groups is 1. The second kappa shape index (κ2) is 13.7. The summed E-state index contributed by atoms with van der Waals surface area (Å²) in [5.41, 5.74) is 11.1. The molecule has 0 bridgehead atoms. The number of sulfonamides is 1. The number of benzene rings is 2. The van der Waals surface area contributed by atoms with Gasteiger partial charge in [0.1, 0.15) is 29.0 Å². The molecule has 2 aromatic rings. The molecule has 214 valence electrons. The molecule has 0 aliphatic rings. The van der Waals surface area contributed by atoms with Crippen molar-refractivity contribution in [3.8, 4) is 11.5 Å². The molecule has 5 N–H and O–H groups in total. The second-order valence-electron chi connectivity index (χ2n) is 7.93. The first-order chi connectivity index (χ1) is 18.2. The molecule has 12 nitrogen and oxygen atoms in total. The first-order valence-electron chi connectivity index (χ1n) is 11.2. The Balaban J connectivity index is 2.20. The number of methoxy groups -OCH3 is 1. The second-order valence-corrected chi connectivity index (χ2v) is 9.62. The topological polar surface area (TPSA) is 182 Å². The lowest BCUT2D eigenvalue weighted by Crippen LogP contribution is -2.45. The molecule has 0 aliphatic heterocycles. The predicted molar refractivity (Wildman–Crippen MR) is 131 cm³/mol. The number of carbonyl (C=O) groups is 2. The first kappa shape index (κ1) is 31.2. The summed E-state index contributed by atoms with van der Waals surface area (Å²) in [4.78, 5) is 28.2. The molecular weight excluding hydrogens is 549 g/mol. The van der Waals surface area contributed by atoms with Crippen LogP contribution in [0.3, 0.4) is 0 Å². The molecular formula is C23H27F3N4O8S. The molecule has 16 heteroatoms. The van der Waals surface area contributed by atoms with Crippen molar-refractivity contribution in [2.75, 3.05) is 20.3 Å². The SMILES string of the molecule is COc1ccc(C)cc1S(=O)(=O)N[C@@H](Cc1ccc(OCCCON=C(N)N)cc1)C(=O)OC(=O)C(F)(F)F. The minimum atomic E-state index is -5.47. The average Bonchev–Trinajstić information content (AvgIpc) is 2.85. The fourth-order valence-corrected chi connectivity index (χ4v) is 4.47. The van der Waals surface area contributed by atoms with Crippen LogP contribution in [0.5, 0.6) is 11.5 Å². The van der Waals surface area contributed by atoms with E-state index in [4.69, 9.17) is 25.8 Å². The third kappa shape index (κ3) is 9.97. The van der Waals surface area contributed by atoms with Gasteiger partial charge in [0.05, 0.1) is 13.7 Å². The average molecular weight is 577 g/mol. The highest BCUT2D eigenvalue weighted by atomic mass is 32.2. The number of halogens is 3. The van der Waals surface area contributed by atoms with Crippen molar-refractivity contribution in [2.24, 2.45) is 16.6 Å². The standard InChI is InChI=1S/C23H27F3N4O8S/c1-14-4-9-18(35-2)19(12-14)39(33,34)30-17(20(31)38-21(32)23(24,25)26)13-15-5-7-16(8-6-15)36-10-3-11-37-29-22(27)28/h4-9,12,17,30H,3,10-11,13H2,1-2H3,(H4,27,28,29)/t17-/m0/s1. The van der Waals surface area contributed by atoms with Crippen LogP contribution in [-0.2, 0) is 35.6 Å². The summed E-state index contributed by atoms with van der Waals surface area (Å²) in [6.07, 6.45) is -5.49. The van der Waals surface area contributed by atoms with E-state index in [0.29, 0.717) is 23.3 Å². The van der Waals surface area contributed by atoms with Gasteiger partial charge in [0.15, 0.2) is 0 Å². The molecule has 0 spiro atoms. The van der Waals surface area contributed by atoms with Crippen LogP contribution in [0.1, 0.15) is 17.5 Å². The van der Waals surface area contributed by atoms with Gasteiger partial charge in [-0.2, -0.15) is 17.9 Å². The Hall–Kier alpha value is -4.05. The molecule has 0 amide bonds. The van der Waals surface area contributed by atoms with Gasteiger partial charge in [-0.15, -0.1) is 0 Å². The third-order valence-electron chi connectivity index (χ3n) is 4.80. The number of ether oxygens (including phenoxy) is 3. The third-order valence-corrected chi connectivity index (χ3v) is 6.29. The Morgan fingerprint density at radius 3 is 2.33 bits per heavy atom. The van der Waals surface area contributed by atoms with E-state index in [2.05, 4.69) is 9.89 Å². The number of nitrogens with one attached hydrogen (secondary N) is 1. The van der Waals surface area contributed by atoms with E-state index in [0.717, 1.165) is 0 Å². The first-order valence-corrected chi connectivity index (χ1v) is 12.6. The Labute approximate surface area is 222 Å². The Bertz CT molecular complexity index is 1280. The van der Waals surface area contributed by atoms with Crippen LogP contribution in [0.15, 0.2) is 52.5 Å². The number of nitrogens with zero attached hydrogens (tertiary/aromatic N) is 1. The quantitative estimate of drug-likeness (QED) is 0.0789. The van der Waals surface area contributed by atoms with Crippen LogP contribution in [0.25, 0.3) is 0 Å². The van der Waals surface area contributed by atoms with Gasteiger partial charge in [0.25, 0.3) is 0 Å². The number of nitrogens with two attached hydrogens (primary N) is 2. The zero-order valence-corrected chi connectivity index (χ0v) is 21.7. The van der Waals surface area contributed by atoms with E-state index >= 15 is 0 Å². The van der Waals surface area contributed by atoms with Gasteiger partial charge < -0.3 is 30.5 Å². The van der Waals surface area contributed by atoms with Gasteiger partial charge in [0, 0.05) is 6.42 Å². The summed E-state index contributed by atoms with van der Waals surface area (Å²) in [6, 6.07) is 8.20. The van der Waals surface area contributed by atoms with E-state index < -0.39 is 40.6 Å². The lowest BCUT2D eigenvalue weighted by atomic mass is 10.1. The largest absolute Gasteiger partial charge is 0.495 e. The maximum absolute atomic E-state index is 13.1. The Morgan fingerprint density at radius 1 is 1.08 bits per heavy atom. The summed E-state index contributed by atoms with van der Waals surface area (Å²) in [7, 11) is -3.30. The van der Waals surface area contributed by atoms with Gasteiger partial charge in [-0.1, -0.05) is 18.2 Å². The minimum absolute atomic E-state index is 0.0724. The number of guanidine groups is 1. The smallest absolute Gasteiger partial charge is 0.491 e. The van der Waals surface area contributed by atoms with Crippen molar-refractivity contribution in [3.63, 3.8) is 0 Å². The summed E-state index contributed by atoms with van der Waals surface area (Å²) in [5, 5.41) is 3.35. The molecule has 2 aromatic carbocycles. The maximum atomic E-state index is 13.1. The monoisotopic (exact) mass is 576 g/mol. The summed E-state index contributed by atoms with van der Waals surface area (Å²) in [5.74, 6) is -4.42. The Kier molecular flexibility index (Phi) is 10.9. The molecule has 0 aliphatic carbocycles. The fourth-order valence-electron chi connectivity index (χ4n) is 3.03. The molecule has 1 atom stereocenters. The summed E-state index contributed by atoms with van der Waals surface area (Å²) in [6.45, 7) is 2.01.